The van der Waals surface area contributed by atoms with Gasteiger partial charge < -0.3 is 10.0 Å². The number of amides is 1. The molecule has 2 heterocycles. The zero-order valence-electron chi connectivity index (χ0n) is 12.1. The van der Waals surface area contributed by atoms with E-state index < -0.39 is 11.9 Å². The predicted molar refractivity (Wildman–Crippen MR) is 78.7 cm³/mol. The highest BCUT2D eigenvalue weighted by molar-refractivity contribution is 7.12. The average molecular weight is 295 g/mol. The van der Waals surface area contributed by atoms with Crippen molar-refractivity contribution in [2.24, 2.45) is 11.8 Å². The number of carbonyl (C=O) groups is 2. The number of carbonyl (C=O) groups excluding carboxylic acids is 1. The smallest absolute Gasteiger partial charge is 0.308 e. The van der Waals surface area contributed by atoms with E-state index in [-0.39, 0.29) is 11.9 Å². The Morgan fingerprint density at radius 3 is 2.70 bits per heavy atom. The Kier molecular flexibility index (Phi) is 4.48. The highest BCUT2D eigenvalue weighted by Crippen LogP contribution is 2.40. The zero-order chi connectivity index (χ0) is 14.9. The molecule has 2 atom stereocenters. The van der Waals surface area contributed by atoms with Crippen molar-refractivity contribution in [2.75, 3.05) is 6.54 Å². The standard InChI is InChI=1S/C15H21NO3S/c1-9(2)8-16-13(17)7-5-11(15(18)19)14(16)12-6-4-10(3)20-12/h4,6,9,11,14H,5,7-8H2,1-3H3,(H,18,19). The molecule has 1 fully saturated rings. The quantitative estimate of drug-likeness (QED) is 0.928. The number of aryl methyl sites for hydroxylation is 1. The van der Waals surface area contributed by atoms with Crippen LogP contribution in [0.1, 0.15) is 42.5 Å². The van der Waals surface area contributed by atoms with Crippen LogP contribution >= 0.6 is 11.3 Å². The van der Waals surface area contributed by atoms with E-state index in [1.54, 1.807) is 16.2 Å². The van der Waals surface area contributed by atoms with E-state index in [1.807, 2.05) is 32.9 Å². The van der Waals surface area contributed by atoms with Gasteiger partial charge in [0.15, 0.2) is 0 Å². The minimum atomic E-state index is -0.803. The Hall–Kier alpha value is -1.36. The summed E-state index contributed by atoms with van der Waals surface area (Å²) in [5.41, 5.74) is 0. The van der Waals surface area contributed by atoms with Crippen LogP contribution in [-0.2, 0) is 9.59 Å². The average Bonchev–Trinajstić information content (AvgIpc) is 2.77. The second-order valence-corrected chi connectivity index (χ2v) is 7.14. The van der Waals surface area contributed by atoms with E-state index in [1.165, 1.54) is 0 Å². The monoisotopic (exact) mass is 295 g/mol. The van der Waals surface area contributed by atoms with Gasteiger partial charge in [0.05, 0.1) is 12.0 Å². The molecule has 1 amide bonds. The Labute approximate surface area is 123 Å². The van der Waals surface area contributed by atoms with Crippen LogP contribution in [0.3, 0.4) is 0 Å². The number of carboxylic acid groups (broad SMARTS) is 1. The van der Waals surface area contributed by atoms with Crippen molar-refractivity contribution in [1.82, 2.24) is 4.90 Å². The molecule has 0 bridgehead atoms. The zero-order valence-corrected chi connectivity index (χ0v) is 12.9. The van der Waals surface area contributed by atoms with Crippen molar-refractivity contribution >= 4 is 23.2 Å². The number of aliphatic carboxylic acids is 1. The van der Waals surface area contributed by atoms with E-state index in [0.717, 1.165) is 9.75 Å². The maximum absolute atomic E-state index is 12.2. The molecule has 5 heteroatoms. The fourth-order valence-corrected chi connectivity index (χ4v) is 3.84. The maximum atomic E-state index is 12.2. The lowest BCUT2D eigenvalue weighted by atomic mass is 9.87. The lowest BCUT2D eigenvalue weighted by molar-refractivity contribution is -0.152. The van der Waals surface area contributed by atoms with Gasteiger partial charge in [-0.15, -0.1) is 11.3 Å². The summed E-state index contributed by atoms with van der Waals surface area (Å²) < 4.78 is 0. The maximum Gasteiger partial charge on any atom is 0.308 e. The lowest BCUT2D eigenvalue weighted by Crippen LogP contribution is -2.46. The van der Waals surface area contributed by atoms with Crippen LogP contribution < -0.4 is 0 Å². The van der Waals surface area contributed by atoms with Gasteiger partial charge in [-0.3, -0.25) is 9.59 Å². The molecule has 0 saturated carbocycles. The van der Waals surface area contributed by atoms with Crippen LogP contribution in [0.4, 0.5) is 0 Å². The topological polar surface area (TPSA) is 57.6 Å². The third-order valence-corrected chi connectivity index (χ3v) is 4.71. The first kappa shape index (κ1) is 15.0. The van der Waals surface area contributed by atoms with Crippen LogP contribution in [0, 0.1) is 18.8 Å². The van der Waals surface area contributed by atoms with Gasteiger partial charge in [-0.25, -0.2) is 0 Å². The van der Waals surface area contributed by atoms with Crippen LogP contribution in [0.5, 0.6) is 0 Å². The van der Waals surface area contributed by atoms with Gasteiger partial charge in [-0.1, -0.05) is 13.8 Å². The molecular weight excluding hydrogens is 274 g/mol. The van der Waals surface area contributed by atoms with Gasteiger partial charge >= 0.3 is 5.97 Å². The van der Waals surface area contributed by atoms with Gasteiger partial charge in [0.1, 0.15) is 0 Å². The molecule has 1 aromatic rings. The molecule has 1 saturated heterocycles. The highest BCUT2D eigenvalue weighted by atomic mass is 32.1. The lowest BCUT2D eigenvalue weighted by Gasteiger charge is -2.40. The Balaban J connectivity index is 2.38. The van der Waals surface area contributed by atoms with E-state index in [0.29, 0.717) is 25.3 Å². The van der Waals surface area contributed by atoms with Crippen molar-refractivity contribution in [1.29, 1.82) is 0 Å². The van der Waals surface area contributed by atoms with Gasteiger partial charge in [0.25, 0.3) is 0 Å². The third-order valence-electron chi connectivity index (χ3n) is 3.64. The molecule has 0 aromatic carbocycles. The first-order valence-electron chi connectivity index (χ1n) is 6.98. The highest BCUT2D eigenvalue weighted by Gasteiger charge is 2.41. The largest absolute Gasteiger partial charge is 0.481 e. The van der Waals surface area contributed by atoms with Crippen molar-refractivity contribution < 1.29 is 14.7 Å². The summed E-state index contributed by atoms with van der Waals surface area (Å²) in [4.78, 5) is 27.7. The molecule has 1 aliphatic rings. The Morgan fingerprint density at radius 2 is 2.20 bits per heavy atom. The molecule has 1 aromatic heterocycles. The first-order valence-corrected chi connectivity index (χ1v) is 7.80. The normalized spacial score (nSPS) is 23.4. The first-order chi connectivity index (χ1) is 9.40. The number of thiophene rings is 1. The summed E-state index contributed by atoms with van der Waals surface area (Å²) in [6.45, 7) is 6.72. The molecule has 110 valence electrons. The van der Waals surface area contributed by atoms with E-state index in [9.17, 15) is 14.7 Å². The predicted octanol–water partition coefficient (Wildman–Crippen LogP) is 3.08. The van der Waals surface area contributed by atoms with Gasteiger partial charge in [-0.05, 0) is 31.4 Å². The summed E-state index contributed by atoms with van der Waals surface area (Å²) in [7, 11) is 0. The van der Waals surface area contributed by atoms with Crippen LogP contribution in [-0.4, -0.2) is 28.4 Å². The van der Waals surface area contributed by atoms with E-state index >= 15 is 0 Å². The van der Waals surface area contributed by atoms with Gasteiger partial charge in [0.2, 0.25) is 5.91 Å². The van der Waals surface area contributed by atoms with Gasteiger partial charge in [-0.2, -0.15) is 0 Å². The van der Waals surface area contributed by atoms with E-state index in [2.05, 4.69) is 0 Å². The van der Waals surface area contributed by atoms with Crippen molar-refractivity contribution in [2.45, 2.75) is 39.7 Å². The molecule has 2 unspecified atom stereocenters. The fraction of sp³-hybridized carbons (Fsp3) is 0.600. The van der Waals surface area contributed by atoms with Crippen molar-refractivity contribution in [3.8, 4) is 0 Å². The molecule has 4 nitrogen and oxygen atoms in total. The molecule has 0 spiro atoms. The number of hydrogen-bond acceptors (Lipinski definition) is 3. The number of hydrogen-bond donors (Lipinski definition) is 1. The van der Waals surface area contributed by atoms with Crippen molar-refractivity contribution in [3.63, 3.8) is 0 Å². The van der Waals surface area contributed by atoms with Crippen LogP contribution in [0.2, 0.25) is 0 Å². The number of carboxylic acids is 1. The molecular formula is C15H21NO3S. The van der Waals surface area contributed by atoms with Crippen LogP contribution in [0.15, 0.2) is 12.1 Å². The molecule has 1 aliphatic heterocycles. The van der Waals surface area contributed by atoms with Gasteiger partial charge in [0, 0.05) is 22.7 Å². The minimum Gasteiger partial charge on any atom is -0.481 e. The Bertz CT molecular complexity index is 509. The summed E-state index contributed by atoms with van der Waals surface area (Å²) in [6.07, 6.45) is 0.773. The summed E-state index contributed by atoms with van der Waals surface area (Å²) in [5.74, 6) is -0.894. The summed E-state index contributed by atoms with van der Waals surface area (Å²) in [5, 5.41) is 9.48. The van der Waals surface area contributed by atoms with E-state index in [4.69, 9.17) is 0 Å². The molecule has 2 rings (SSSR count). The number of piperidine rings is 1. The second kappa shape index (κ2) is 5.95. The molecule has 20 heavy (non-hydrogen) atoms. The summed E-state index contributed by atoms with van der Waals surface area (Å²) in [6, 6.07) is 3.65. The number of nitrogens with zero attached hydrogens (tertiary/aromatic N) is 1. The number of rotatable bonds is 4. The number of likely N-dealkylation sites (tertiary alicyclic amines) is 1. The third kappa shape index (κ3) is 3.03. The van der Waals surface area contributed by atoms with Crippen LogP contribution in [0.25, 0.3) is 0 Å². The second-order valence-electron chi connectivity index (χ2n) is 5.82. The Morgan fingerprint density at radius 1 is 1.50 bits per heavy atom. The molecule has 1 N–H and O–H groups in total. The van der Waals surface area contributed by atoms with Crippen molar-refractivity contribution in [3.05, 3.63) is 21.9 Å². The minimum absolute atomic E-state index is 0.0762. The summed E-state index contributed by atoms with van der Waals surface area (Å²) >= 11 is 1.59. The fourth-order valence-electron chi connectivity index (χ4n) is 2.78. The SMILES string of the molecule is Cc1ccc(C2C(C(=O)O)CCC(=O)N2CC(C)C)s1. The molecule has 0 radical (unpaired) electrons. The molecule has 0 aliphatic carbocycles.